The quantitative estimate of drug-likeness (QED) is 0.649. The minimum Gasteiger partial charge on any atom is -0.324 e. The number of nitrogens with two attached hydrogens (primary N) is 1. The van der Waals surface area contributed by atoms with Crippen molar-refractivity contribution in [1.82, 2.24) is 0 Å². The van der Waals surface area contributed by atoms with Crippen molar-refractivity contribution in [2.45, 2.75) is 3.79 Å². The molecule has 2 N–H and O–H groups in total. The van der Waals surface area contributed by atoms with Gasteiger partial charge < -0.3 is 5.73 Å². The van der Waals surface area contributed by atoms with Crippen LogP contribution < -0.4 is 5.73 Å². The van der Waals surface area contributed by atoms with Crippen molar-refractivity contribution in [3.05, 3.63) is 35.4 Å². The van der Waals surface area contributed by atoms with Gasteiger partial charge in [0.2, 0.25) is 3.79 Å². The van der Waals surface area contributed by atoms with E-state index in [4.69, 9.17) is 40.5 Å². The van der Waals surface area contributed by atoms with Gasteiger partial charge in [0.05, 0.1) is 6.54 Å². The molecule has 5 heteroatoms. The summed E-state index contributed by atoms with van der Waals surface area (Å²) in [7, 11) is 0. The van der Waals surface area contributed by atoms with Crippen molar-refractivity contribution < 1.29 is 4.79 Å². The Morgan fingerprint density at radius 3 is 2.07 bits per heavy atom. The third kappa shape index (κ3) is 2.85. The first-order chi connectivity index (χ1) is 6.45. The van der Waals surface area contributed by atoms with E-state index < -0.39 is 3.79 Å². The summed E-state index contributed by atoms with van der Waals surface area (Å²) >= 11 is 16.9. The van der Waals surface area contributed by atoms with Crippen molar-refractivity contribution in [1.29, 1.82) is 0 Å². The molecule has 0 unspecified atom stereocenters. The van der Waals surface area contributed by atoms with E-state index in [0.717, 1.165) is 0 Å². The molecule has 0 saturated carbocycles. The monoisotopic (exact) mass is 251 g/mol. The highest BCUT2D eigenvalue weighted by Crippen LogP contribution is 2.37. The number of benzene rings is 1. The maximum Gasteiger partial charge on any atom is 0.216 e. The largest absolute Gasteiger partial charge is 0.324 e. The molecule has 0 heterocycles. The smallest absolute Gasteiger partial charge is 0.216 e. The zero-order valence-electron chi connectivity index (χ0n) is 7.14. The second kappa shape index (κ2) is 4.49. The summed E-state index contributed by atoms with van der Waals surface area (Å²) in [5, 5.41) is 0. The highest BCUT2D eigenvalue weighted by molar-refractivity contribution is 6.66. The van der Waals surface area contributed by atoms with Gasteiger partial charge in [-0.05, 0) is 0 Å². The Bertz CT molecular complexity index is 329. The fourth-order valence-electron chi connectivity index (χ4n) is 0.963. The molecular weight excluding hydrogens is 244 g/mol. The van der Waals surface area contributed by atoms with Crippen LogP contribution >= 0.6 is 34.8 Å². The average molecular weight is 253 g/mol. The summed E-state index contributed by atoms with van der Waals surface area (Å²) in [5.74, 6) is -0.138. The molecule has 0 aliphatic carbocycles. The molecular formula is C9H8Cl3NO. The molecule has 0 fully saturated rings. The molecule has 14 heavy (non-hydrogen) atoms. The molecule has 0 spiro atoms. The Kier molecular flexibility index (Phi) is 3.78. The van der Waals surface area contributed by atoms with Crippen LogP contribution in [-0.2, 0) is 3.79 Å². The molecule has 1 rings (SSSR count). The first kappa shape index (κ1) is 11.8. The van der Waals surface area contributed by atoms with Gasteiger partial charge in [0.25, 0.3) is 0 Å². The van der Waals surface area contributed by atoms with Crippen LogP contribution in [0.2, 0.25) is 0 Å². The minimum atomic E-state index is -1.45. The van der Waals surface area contributed by atoms with Crippen molar-refractivity contribution in [2.75, 3.05) is 6.54 Å². The van der Waals surface area contributed by atoms with Crippen LogP contribution in [0, 0.1) is 0 Å². The van der Waals surface area contributed by atoms with Crippen LogP contribution in [0.3, 0.4) is 0 Å². The molecule has 2 nitrogen and oxygen atoms in total. The van der Waals surface area contributed by atoms with Crippen LogP contribution in [0.5, 0.6) is 0 Å². The van der Waals surface area contributed by atoms with Gasteiger partial charge in [-0.1, -0.05) is 59.1 Å². The lowest BCUT2D eigenvalue weighted by molar-refractivity contribution is 0.100. The lowest BCUT2D eigenvalue weighted by Gasteiger charge is -2.10. The number of carbonyl (C=O) groups excluding carboxylic acids is 1. The number of ketones is 1. The molecule has 0 aromatic heterocycles. The predicted molar refractivity (Wildman–Crippen MR) is 59.1 cm³/mol. The van der Waals surface area contributed by atoms with E-state index in [9.17, 15) is 4.79 Å². The summed E-state index contributed by atoms with van der Waals surface area (Å²) in [6, 6.07) is 6.37. The van der Waals surface area contributed by atoms with Crippen molar-refractivity contribution in [2.24, 2.45) is 5.73 Å². The number of Topliss-reactive ketones (excluding diaryl/α,β-unsaturated/α-hetero) is 1. The molecule has 1 aromatic carbocycles. The Morgan fingerprint density at radius 1 is 1.21 bits per heavy atom. The van der Waals surface area contributed by atoms with E-state index in [1.807, 2.05) is 0 Å². The van der Waals surface area contributed by atoms with Gasteiger partial charge in [-0.2, -0.15) is 0 Å². The number of alkyl halides is 3. The second-order valence-corrected chi connectivity index (χ2v) is 4.98. The summed E-state index contributed by atoms with van der Waals surface area (Å²) in [4.78, 5) is 11.2. The maximum absolute atomic E-state index is 11.2. The van der Waals surface area contributed by atoms with Crippen molar-refractivity contribution in [3.8, 4) is 0 Å². The summed E-state index contributed by atoms with van der Waals surface area (Å²) in [5.41, 5.74) is 6.24. The first-order valence-corrected chi connectivity index (χ1v) is 4.99. The molecule has 0 radical (unpaired) electrons. The minimum absolute atomic E-state index is 0.0207. The van der Waals surface area contributed by atoms with Gasteiger partial charge in [0.1, 0.15) is 0 Å². The fraction of sp³-hybridized carbons (Fsp3) is 0.222. The normalized spacial score (nSPS) is 11.4. The standard InChI is InChI=1S/C9H8Cl3NO/c10-9(11,12)7-3-1-6(2-4-7)8(14)5-13/h1-4H,5,13H2. The predicted octanol–water partition coefficient (Wildman–Crippen LogP) is 2.65. The Hall–Kier alpha value is -0.280. The maximum atomic E-state index is 11.2. The molecule has 0 bridgehead atoms. The van der Waals surface area contributed by atoms with Gasteiger partial charge in [-0.15, -0.1) is 0 Å². The topological polar surface area (TPSA) is 43.1 Å². The summed E-state index contributed by atoms with van der Waals surface area (Å²) in [6.07, 6.45) is 0. The van der Waals surface area contributed by atoms with Crippen LogP contribution in [0.4, 0.5) is 0 Å². The molecule has 0 aliphatic heterocycles. The average Bonchev–Trinajstić information content (AvgIpc) is 2.15. The Balaban J connectivity index is 2.95. The van der Waals surface area contributed by atoms with Crippen molar-refractivity contribution in [3.63, 3.8) is 0 Å². The molecule has 1 aromatic rings. The molecule has 76 valence electrons. The van der Waals surface area contributed by atoms with E-state index in [1.165, 1.54) is 0 Å². The SMILES string of the molecule is NCC(=O)c1ccc(C(Cl)(Cl)Cl)cc1. The van der Waals surface area contributed by atoms with Gasteiger partial charge in [0, 0.05) is 11.1 Å². The number of hydrogen-bond donors (Lipinski definition) is 1. The third-order valence-electron chi connectivity index (χ3n) is 1.72. The van der Waals surface area contributed by atoms with Gasteiger partial charge in [-0.25, -0.2) is 0 Å². The molecule has 0 saturated heterocycles. The zero-order valence-corrected chi connectivity index (χ0v) is 9.40. The van der Waals surface area contributed by atoms with Gasteiger partial charge >= 0.3 is 0 Å². The Morgan fingerprint density at radius 2 is 1.71 bits per heavy atom. The highest BCUT2D eigenvalue weighted by Gasteiger charge is 2.22. The first-order valence-electron chi connectivity index (χ1n) is 3.85. The zero-order chi connectivity index (χ0) is 10.8. The van der Waals surface area contributed by atoms with E-state index in [-0.39, 0.29) is 12.3 Å². The van der Waals surface area contributed by atoms with Crippen LogP contribution in [0.15, 0.2) is 24.3 Å². The summed E-state index contributed by atoms with van der Waals surface area (Å²) in [6.45, 7) is -0.0207. The number of halogens is 3. The fourth-order valence-corrected chi connectivity index (χ4v) is 1.34. The van der Waals surface area contributed by atoms with Gasteiger partial charge in [-0.3, -0.25) is 4.79 Å². The summed E-state index contributed by atoms with van der Waals surface area (Å²) < 4.78 is -1.45. The molecule has 0 aliphatic rings. The number of carbonyl (C=O) groups is 1. The Labute approximate surface area is 96.9 Å². The molecule has 0 atom stereocenters. The van der Waals surface area contributed by atoms with E-state index in [1.54, 1.807) is 24.3 Å². The van der Waals surface area contributed by atoms with E-state index in [2.05, 4.69) is 0 Å². The lowest BCUT2D eigenvalue weighted by Crippen LogP contribution is -2.13. The number of rotatable bonds is 2. The number of hydrogen-bond acceptors (Lipinski definition) is 2. The third-order valence-corrected chi connectivity index (χ3v) is 2.37. The molecule has 0 amide bonds. The van der Waals surface area contributed by atoms with Crippen molar-refractivity contribution >= 4 is 40.6 Å². The van der Waals surface area contributed by atoms with Crippen LogP contribution in [0.25, 0.3) is 0 Å². The van der Waals surface area contributed by atoms with E-state index in [0.29, 0.717) is 11.1 Å². The van der Waals surface area contributed by atoms with Crippen LogP contribution in [-0.4, -0.2) is 12.3 Å². The van der Waals surface area contributed by atoms with Crippen LogP contribution in [0.1, 0.15) is 15.9 Å². The second-order valence-electron chi connectivity index (χ2n) is 2.70. The van der Waals surface area contributed by atoms with Gasteiger partial charge in [0.15, 0.2) is 5.78 Å². The van der Waals surface area contributed by atoms with E-state index >= 15 is 0 Å². The highest BCUT2D eigenvalue weighted by atomic mass is 35.6. The lowest BCUT2D eigenvalue weighted by atomic mass is 10.1.